The lowest BCUT2D eigenvalue weighted by Gasteiger charge is -2.18. The number of carbonyl (C=O) groups excluding carboxylic acids is 1. The first-order chi connectivity index (χ1) is 12.4. The molecule has 0 saturated heterocycles. The lowest BCUT2D eigenvalue weighted by molar-refractivity contribution is 0.172. The van der Waals surface area contributed by atoms with Crippen molar-refractivity contribution >= 4 is 17.7 Å². The zero-order valence-corrected chi connectivity index (χ0v) is 15.7. The van der Waals surface area contributed by atoms with Crippen LogP contribution in [0.4, 0.5) is 9.18 Å². The van der Waals surface area contributed by atoms with Crippen molar-refractivity contribution in [2.45, 2.75) is 12.5 Å². The van der Waals surface area contributed by atoms with Gasteiger partial charge in [0.15, 0.2) is 0 Å². The van der Waals surface area contributed by atoms with Crippen LogP contribution in [0.25, 0.3) is 0 Å². The Balaban J connectivity index is 1.97. The van der Waals surface area contributed by atoms with Gasteiger partial charge in [-0.25, -0.2) is 9.18 Å². The van der Waals surface area contributed by atoms with Crippen LogP contribution >= 0.6 is 11.6 Å². The smallest absolute Gasteiger partial charge is 0.414 e. The maximum atomic E-state index is 13.2. The minimum absolute atomic E-state index is 0.00364. The molecule has 0 radical (unpaired) electrons. The predicted octanol–water partition coefficient (Wildman–Crippen LogP) is 4.27. The van der Waals surface area contributed by atoms with Crippen molar-refractivity contribution in [3.8, 4) is 11.5 Å². The Kier molecular flexibility index (Phi) is 7.24. The highest BCUT2D eigenvalue weighted by molar-refractivity contribution is 6.30. The zero-order chi connectivity index (χ0) is 19.1. The molecule has 0 fully saturated rings. The molecule has 5 nitrogen and oxygen atoms in total. The van der Waals surface area contributed by atoms with Crippen LogP contribution in [0.5, 0.6) is 11.5 Å². The van der Waals surface area contributed by atoms with E-state index in [0.29, 0.717) is 24.5 Å². The van der Waals surface area contributed by atoms with Crippen molar-refractivity contribution in [2.75, 3.05) is 27.7 Å². The Labute approximate surface area is 157 Å². The van der Waals surface area contributed by atoms with E-state index in [1.54, 1.807) is 20.2 Å². The zero-order valence-electron chi connectivity index (χ0n) is 15.0. The van der Waals surface area contributed by atoms with Crippen LogP contribution in [-0.4, -0.2) is 38.7 Å². The number of halogens is 2. The molecule has 1 unspecified atom stereocenters. The van der Waals surface area contributed by atoms with E-state index in [1.807, 2.05) is 25.2 Å². The van der Waals surface area contributed by atoms with Gasteiger partial charge in [0.25, 0.3) is 0 Å². The minimum Gasteiger partial charge on any atom is -0.493 e. The topological polar surface area (TPSA) is 50.8 Å². The van der Waals surface area contributed by atoms with E-state index in [-0.39, 0.29) is 11.1 Å². The number of carbonyl (C=O) groups is 1. The lowest BCUT2D eigenvalue weighted by atomic mass is 10.0. The predicted molar refractivity (Wildman–Crippen MR) is 99.5 cm³/mol. The van der Waals surface area contributed by atoms with Crippen LogP contribution in [-0.2, 0) is 0 Å². The third-order valence-electron chi connectivity index (χ3n) is 3.75. The summed E-state index contributed by atoms with van der Waals surface area (Å²) in [5.41, 5.74) is 0.970. The molecule has 0 aromatic heterocycles. The molecule has 7 heteroatoms. The fourth-order valence-electron chi connectivity index (χ4n) is 2.33. The maximum absolute atomic E-state index is 13.2. The first kappa shape index (κ1) is 20.0. The Morgan fingerprint density at radius 1 is 1.23 bits per heavy atom. The largest absolute Gasteiger partial charge is 0.493 e. The molecule has 2 aromatic rings. The van der Waals surface area contributed by atoms with Gasteiger partial charge in [0.05, 0.1) is 11.6 Å². The van der Waals surface area contributed by atoms with Crippen LogP contribution in [0, 0.1) is 5.82 Å². The summed E-state index contributed by atoms with van der Waals surface area (Å²) in [7, 11) is 5.10. The average molecular weight is 381 g/mol. The van der Waals surface area contributed by atoms with Gasteiger partial charge in [-0.15, -0.1) is 0 Å². The van der Waals surface area contributed by atoms with Gasteiger partial charge in [-0.05, 0) is 36.9 Å². The maximum Gasteiger partial charge on any atom is 0.414 e. The molecule has 0 spiro atoms. The van der Waals surface area contributed by atoms with E-state index in [4.69, 9.17) is 21.1 Å². The van der Waals surface area contributed by atoms with Gasteiger partial charge in [-0.1, -0.05) is 23.7 Å². The fourth-order valence-corrected chi connectivity index (χ4v) is 2.50. The molecule has 26 heavy (non-hydrogen) atoms. The highest BCUT2D eigenvalue weighted by atomic mass is 35.5. The lowest BCUT2D eigenvalue weighted by Crippen LogP contribution is -2.25. The number of rotatable bonds is 7. The minimum atomic E-state index is -0.476. The number of hydrogen-bond acceptors (Lipinski definition) is 4. The Morgan fingerprint density at radius 2 is 2.00 bits per heavy atom. The highest BCUT2D eigenvalue weighted by Crippen LogP contribution is 2.24. The van der Waals surface area contributed by atoms with Crippen molar-refractivity contribution in [2.24, 2.45) is 0 Å². The summed E-state index contributed by atoms with van der Waals surface area (Å²) >= 11 is 5.75. The summed E-state index contributed by atoms with van der Waals surface area (Å²) in [4.78, 5) is 13.0. The average Bonchev–Trinajstić information content (AvgIpc) is 2.62. The molecule has 1 amide bonds. The van der Waals surface area contributed by atoms with Gasteiger partial charge in [0, 0.05) is 32.6 Å². The Hall–Kier alpha value is -2.31. The molecule has 2 rings (SSSR count). The van der Waals surface area contributed by atoms with Gasteiger partial charge in [-0.2, -0.15) is 0 Å². The SMILES string of the molecule is CNC(CCOc1ccc(F)c(Cl)c1)c1cccc(OC(=O)N(C)C)c1. The molecule has 0 bridgehead atoms. The summed E-state index contributed by atoms with van der Waals surface area (Å²) in [5, 5.41) is 3.24. The number of ether oxygens (including phenoxy) is 2. The summed E-state index contributed by atoms with van der Waals surface area (Å²) < 4.78 is 24.1. The third kappa shape index (κ3) is 5.61. The van der Waals surface area contributed by atoms with Crippen LogP contribution in [0.2, 0.25) is 5.02 Å². The second-order valence-electron chi connectivity index (χ2n) is 5.89. The van der Waals surface area contributed by atoms with Crippen molar-refractivity contribution in [1.82, 2.24) is 10.2 Å². The van der Waals surface area contributed by atoms with E-state index < -0.39 is 11.9 Å². The van der Waals surface area contributed by atoms with Gasteiger partial charge in [-0.3, -0.25) is 0 Å². The molecule has 0 heterocycles. The first-order valence-electron chi connectivity index (χ1n) is 8.15. The normalized spacial score (nSPS) is 11.7. The summed E-state index contributed by atoms with van der Waals surface area (Å²) in [6.45, 7) is 0.412. The van der Waals surface area contributed by atoms with Crippen LogP contribution in [0.15, 0.2) is 42.5 Å². The first-order valence-corrected chi connectivity index (χ1v) is 8.52. The standard InChI is InChI=1S/C19H22ClFN2O3/c1-22-18(9-10-25-14-7-8-17(21)16(20)12-14)13-5-4-6-15(11-13)26-19(24)23(2)3/h4-8,11-12,18,22H,9-10H2,1-3H3. The van der Waals surface area contributed by atoms with E-state index in [9.17, 15) is 9.18 Å². The number of amides is 1. The van der Waals surface area contributed by atoms with Gasteiger partial charge < -0.3 is 19.7 Å². The van der Waals surface area contributed by atoms with Crippen molar-refractivity contribution in [3.05, 3.63) is 58.9 Å². The highest BCUT2D eigenvalue weighted by Gasteiger charge is 2.13. The molecule has 0 aliphatic carbocycles. The molecular formula is C19H22ClFN2O3. The third-order valence-corrected chi connectivity index (χ3v) is 4.04. The summed E-state index contributed by atoms with van der Waals surface area (Å²) in [5.74, 6) is 0.517. The molecular weight excluding hydrogens is 359 g/mol. The molecule has 140 valence electrons. The molecule has 2 aromatic carbocycles. The number of benzene rings is 2. The van der Waals surface area contributed by atoms with Crippen LogP contribution < -0.4 is 14.8 Å². The summed E-state index contributed by atoms with van der Waals surface area (Å²) in [6, 6.07) is 11.6. The van der Waals surface area contributed by atoms with E-state index in [1.165, 1.54) is 23.1 Å². The van der Waals surface area contributed by atoms with Crippen molar-refractivity contribution in [3.63, 3.8) is 0 Å². The molecule has 1 atom stereocenters. The quantitative estimate of drug-likeness (QED) is 0.779. The monoisotopic (exact) mass is 380 g/mol. The Bertz CT molecular complexity index is 755. The second-order valence-corrected chi connectivity index (χ2v) is 6.30. The van der Waals surface area contributed by atoms with E-state index >= 15 is 0 Å². The number of hydrogen-bond donors (Lipinski definition) is 1. The Morgan fingerprint density at radius 3 is 2.65 bits per heavy atom. The van der Waals surface area contributed by atoms with E-state index in [2.05, 4.69) is 5.32 Å². The molecule has 0 aliphatic heterocycles. The number of nitrogens with zero attached hydrogens (tertiary/aromatic N) is 1. The molecule has 0 aliphatic rings. The fraction of sp³-hybridized carbons (Fsp3) is 0.316. The van der Waals surface area contributed by atoms with Crippen molar-refractivity contribution in [1.29, 1.82) is 0 Å². The van der Waals surface area contributed by atoms with E-state index in [0.717, 1.165) is 5.56 Å². The summed E-state index contributed by atoms with van der Waals surface area (Å²) in [6.07, 6.45) is 0.232. The van der Waals surface area contributed by atoms with Crippen LogP contribution in [0.3, 0.4) is 0 Å². The van der Waals surface area contributed by atoms with Gasteiger partial charge in [0.2, 0.25) is 0 Å². The van der Waals surface area contributed by atoms with Gasteiger partial charge >= 0.3 is 6.09 Å². The van der Waals surface area contributed by atoms with Gasteiger partial charge in [0.1, 0.15) is 17.3 Å². The number of nitrogens with one attached hydrogen (secondary N) is 1. The molecule has 1 N–H and O–H groups in total. The second kappa shape index (κ2) is 9.40. The molecule has 0 saturated carbocycles. The van der Waals surface area contributed by atoms with Crippen molar-refractivity contribution < 1.29 is 18.7 Å². The van der Waals surface area contributed by atoms with Crippen LogP contribution in [0.1, 0.15) is 18.0 Å².